The monoisotopic (exact) mass is 600 g/mol. The summed E-state index contributed by atoms with van der Waals surface area (Å²) in [4.78, 5) is 73.6. The zero-order valence-corrected chi connectivity index (χ0v) is 22.5. The molecule has 18 heteroatoms. The van der Waals surface area contributed by atoms with Crippen LogP contribution in [0.2, 0.25) is 0 Å². The maximum atomic E-state index is 12.9. The van der Waals surface area contributed by atoms with Gasteiger partial charge in [0.05, 0.1) is 32.5 Å². The molecule has 0 bridgehead atoms. The maximum Gasteiger partial charge on any atom is 0.328 e. The summed E-state index contributed by atoms with van der Waals surface area (Å²) in [6, 6.07) is -2.43. The van der Waals surface area contributed by atoms with E-state index < -0.39 is 98.2 Å². The molecule has 0 unspecified atom stereocenters. The number of carboxylic acid groups (broad SMARTS) is 1. The van der Waals surface area contributed by atoms with Crippen LogP contribution in [-0.4, -0.2) is 129 Å². The van der Waals surface area contributed by atoms with Crippen LogP contribution in [0.4, 0.5) is 0 Å². The van der Waals surface area contributed by atoms with E-state index in [2.05, 4.69) is 26.6 Å². The zero-order chi connectivity index (χ0) is 32.0. The number of phenolic OH excluding ortho intramolecular Hbond substituents is 1. The van der Waals surface area contributed by atoms with Gasteiger partial charge in [0.15, 0.2) is 0 Å². The number of benzene rings is 1. The number of amides is 5. The third-order valence-corrected chi connectivity index (χ3v) is 5.66. The Kier molecular flexibility index (Phi) is 14.8. The molecular weight excluding hydrogens is 564 g/mol. The molecular formula is C24H36N6O12. The van der Waals surface area contributed by atoms with E-state index in [4.69, 9.17) is 15.9 Å². The topological polar surface area (TPSA) is 310 Å². The summed E-state index contributed by atoms with van der Waals surface area (Å²) in [7, 11) is 0. The molecule has 0 aliphatic rings. The third-order valence-electron chi connectivity index (χ3n) is 5.66. The molecule has 18 nitrogen and oxygen atoms in total. The summed E-state index contributed by atoms with van der Waals surface area (Å²) in [5.41, 5.74) is 5.73. The highest BCUT2D eigenvalue weighted by molar-refractivity contribution is 5.96. The SMILES string of the molecule is C[C@@H](O)[C@H](NC(=O)CNC(=O)[C@@H](N)CO)C(=O)N[C@@H](CO)C(=O)N[C@@H](Cc1ccc(O)cc1)C(=O)N[C@@H](CO)C(=O)O. The van der Waals surface area contributed by atoms with Crippen LogP contribution in [0, 0.1) is 0 Å². The van der Waals surface area contributed by atoms with Gasteiger partial charge in [0.25, 0.3) is 0 Å². The van der Waals surface area contributed by atoms with Crippen LogP contribution in [0.15, 0.2) is 24.3 Å². The lowest BCUT2D eigenvalue weighted by Gasteiger charge is -2.26. The second-order valence-corrected chi connectivity index (χ2v) is 9.05. The van der Waals surface area contributed by atoms with Crippen molar-refractivity contribution in [1.29, 1.82) is 0 Å². The van der Waals surface area contributed by atoms with Gasteiger partial charge in [0.1, 0.15) is 36.0 Å². The zero-order valence-electron chi connectivity index (χ0n) is 22.5. The first kappa shape index (κ1) is 35.7. The van der Waals surface area contributed by atoms with Gasteiger partial charge in [0.2, 0.25) is 29.5 Å². The molecule has 13 N–H and O–H groups in total. The van der Waals surface area contributed by atoms with E-state index in [9.17, 15) is 49.2 Å². The van der Waals surface area contributed by atoms with Gasteiger partial charge in [-0.2, -0.15) is 0 Å². The van der Waals surface area contributed by atoms with Crippen LogP contribution >= 0.6 is 0 Å². The average Bonchev–Trinajstić information content (AvgIpc) is 2.95. The Hall–Kier alpha value is -4.36. The number of aliphatic hydroxyl groups is 4. The number of aliphatic hydroxyl groups excluding tert-OH is 4. The Morgan fingerprint density at radius 1 is 0.762 bits per heavy atom. The van der Waals surface area contributed by atoms with Crippen molar-refractivity contribution in [2.75, 3.05) is 26.4 Å². The van der Waals surface area contributed by atoms with Gasteiger partial charge in [0, 0.05) is 6.42 Å². The number of rotatable bonds is 17. The van der Waals surface area contributed by atoms with E-state index in [0.717, 1.165) is 6.92 Å². The first-order chi connectivity index (χ1) is 19.7. The smallest absolute Gasteiger partial charge is 0.328 e. The van der Waals surface area contributed by atoms with Crippen molar-refractivity contribution in [3.05, 3.63) is 29.8 Å². The molecule has 0 radical (unpaired) electrons. The fraction of sp³-hybridized carbons (Fsp3) is 0.500. The number of aromatic hydroxyl groups is 1. The van der Waals surface area contributed by atoms with Crippen molar-refractivity contribution in [2.45, 2.75) is 49.7 Å². The largest absolute Gasteiger partial charge is 0.508 e. The standard InChI is InChI=1S/C24H36N6O12/c1-11(34)19(30-18(36)7-26-20(37)14(25)8-31)23(40)28-16(9-32)22(39)27-15(6-12-2-4-13(35)5-3-12)21(38)29-17(10-33)24(41)42/h2-5,11,14-17,19,31-35H,6-10,25H2,1H3,(H,26,37)(H,27,39)(H,28,40)(H,29,38)(H,30,36)(H,41,42)/t11-,14+,15+,16+,17+,19+/m1/s1. The molecule has 6 atom stereocenters. The average molecular weight is 601 g/mol. The molecule has 5 amide bonds. The first-order valence-electron chi connectivity index (χ1n) is 12.5. The van der Waals surface area contributed by atoms with Crippen LogP contribution in [0.3, 0.4) is 0 Å². The molecule has 0 saturated heterocycles. The lowest BCUT2D eigenvalue weighted by molar-refractivity contribution is -0.143. The van der Waals surface area contributed by atoms with Crippen LogP contribution in [0.1, 0.15) is 12.5 Å². The van der Waals surface area contributed by atoms with Gasteiger partial charge >= 0.3 is 5.97 Å². The molecule has 42 heavy (non-hydrogen) atoms. The highest BCUT2D eigenvalue weighted by atomic mass is 16.4. The Morgan fingerprint density at radius 3 is 1.79 bits per heavy atom. The number of nitrogens with one attached hydrogen (secondary N) is 5. The van der Waals surface area contributed by atoms with Gasteiger partial charge in [-0.05, 0) is 24.6 Å². The van der Waals surface area contributed by atoms with Crippen molar-refractivity contribution in [1.82, 2.24) is 26.6 Å². The lowest BCUT2D eigenvalue weighted by Crippen LogP contribution is -2.61. The van der Waals surface area contributed by atoms with Crippen molar-refractivity contribution in [3.63, 3.8) is 0 Å². The van der Waals surface area contributed by atoms with Crippen molar-refractivity contribution >= 4 is 35.5 Å². The normalized spacial score (nSPS) is 15.1. The summed E-state index contributed by atoms with van der Waals surface area (Å²) in [5.74, 6) is -6.71. The number of carbonyl (C=O) groups excluding carboxylic acids is 5. The minimum atomic E-state index is -1.72. The predicted molar refractivity (Wildman–Crippen MR) is 141 cm³/mol. The minimum absolute atomic E-state index is 0.0889. The Labute approximate surface area is 239 Å². The lowest BCUT2D eigenvalue weighted by atomic mass is 10.0. The molecule has 0 aliphatic carbocycles. The van der Waals surface area contributed by atoms with Crippen molar-refractivity contribution < 1.29 is 59.4 Å². The first-order valence-corrected chi connectivity index (χ1v) is 12.5. The van der Waals surface area contributed by atoms with E-state index in [1.807, 2.05) is 0 Å². The number of phenols is 1. The molecule has 1 rings (SSSR count). The van der Waals surface area contributed by atoms with Gasteiger partial charge in [-0.1, -0.05) is 12.1 Å². The quantitative estimate of drug-likeness (QED) is 0.0793. The van der Waals surface area contributed by atoms with E-state index in [1.54, 1.807) is 0 Å². The van der Waals surface area contributed by atoms with Gasteiger partial charge in [-0.3, -0.25) is 24.0 Å². The van der Waals surface area contributed by atoms with E-state index in [0.29, 0.717) is 5.56 Å². The van der Waals surface area contributed by atoms with Gasteiger partial charge < -0.3 is 63.0 Å². The third kappa shape index (κ3) is 11.6. The molecule has 234 valence electrons. The number of hydrogen-bond acceptors (Lipinski definition) is 12. The second kappa shape index (κ2) is 17.5. The summed E-state index contributed by atoms with van der Waals surface area (Å²) in [6.45, 7) is -2.19. The second-order valence-electron chi connectivity index (χ2n) is 9.05. The molecule has 1 aromatic rings. The number of nitrogens with two attached hydrogens (primary N) is 1. The highest BCUT2D eigenvalue weighted by Gasteiger charge is 2.32. The summed E-state index contributed by atoms with van der Waals surface area (Å²) >= 11 is 0. The highest BCUT2D eigenvalue weighted by Crippen LogP contribution is 2.12. The minimum Gasteiger partial charge on any atom is -0.508 e. The van der Waals surface area contributed by atoms with Crippen molar-refractivity contribution in [3.8, 4) is 5.75 Å². The van der Waals surface area contributed by atoms with E-state index in [-0.39, 0.29) is 12.2 Å². The maximum absolute atomic E-state index is 12.9. The Balaban J connectivity index is 3.00. The van der Waals surface area contributed by atoms with Gasteiger partial charge in [-0.25, -0.2) is 4.79 Å². The fourth-order valence-corrected chi connectivity index (χ4v) is 3.27. The summed E-state index contributed by atoms with van der Waals surface area (Å²) in [6.07, 6.45) is -1.76. The Bertz CT molecular complexity index is 1100. The van der Waals surface area contributed by atoms with Crippen LogP contribution in [0.25, 0.3) is 0 Å². The number of carboxylic acids is 1. The van der Waals surface area contributed by atoms with Gasteiger partial charge in [-0.15, -0.1) is 0 Å². The van der Waals surface area contributed by atoms with E-state index in [1.165, 1.54) is 24.3 Å². The predicted octanol–water partition coefficient (Wildman–Crippen LogP) is -6.24. The summed E-state index contributed by atoms with van der Waals surface area (Å²) in [5, 5.41) is 67.1. The van der Waals surface area contributed by atoms with Crippen LogP contribution in [-0.2, 0) is 35.2 Å². The molecule has 0 aliphatic heterocycles. The molecule has 0 aromatic heterocycles. The Morgan fingerprint density at radius 2 is 1.29 bits per heavy atom. The molecule has 1 aromatic carbocycles. The summed E-state index contributed by atoms with van der Waals surface area (Å²) < 4.78 is 0. The van der Waals surface area contributed by atoms with Crippen LogP contribution < -0.4 is 32.3 Å². The molecule has 0 fully saturated rings. The number of aliphatic carboxylic acids is 1. The molecule has 0 spiro atoms. The fourth-order valence-electron chi connectivity index (χ4n) is 3.27. The molecule has 0 saturated carbocycles. The molecule has 0 heterocycles. The number of hydrogen-bond donors (Lipinski definition) is 12. The van der Waals surface area contributed by atoms with E-state index >= 15 is 0 Å². The van der Waals surface area contributed by atoms with Crippen molar-refractivity contribution in [2.24, 2.45) is 5.73 Å². The van der Waals surface area contributed by atoms with Crippen LogP contribution in [0.5, 0.6) is 5.75 Å². The number of carbonyl (C=O) groups is 6.